The van der Waals surface area contributed by atoms with Gasteiger partial charge in [-0.2, -0.15) is 8.78 Å². The smallest absolute Gasteiger partial charge is 0.387 e. The SMILES string of the molecule is CN(Cc1ccc(OC(F)F)cc1)C(=O)Nc1cccnc1. The summed E-state index contributed by atoms with van der Waals surface area (Å²) in [5.41, 5.74) is 1.39. The lowest BCUT2D eigenvalue weighted by molar-refractivity contribution is -0.0498. The number of aromatic nitrogens is 1. The molecule has 0 atom stereocenters. The number of hydrogen-bond acceptors (Lipinski definition) is 3. The van der Waals surface area contributed by atoms with Crippen LogP contribution in [0.4, 0.5) is 19.3 Å². The first kappa shape index (κ1) is 15.7. The first-order valence-corrected chi connectivity index (χ1v) is 6.50. The number of urea groups is 1. The summed E-state index contributed by atoms with van der Waals surface area (Å²) in [6.07, 6.45) is 3.16. The highest BCUT2D eigenvalue weighted by atomic mass is 19.3. The van der Waals surface area contributed by atoms with E-state index in [9.17, 15) is 13.6 Å². The number of nitrogens with one attached hydrogen (secondary N) is 1. The predicted octanol–water partition coefficient (Wildman–Crippen LogP) is 3.35. The molecule has 0 radical (unpaired) electrons. The second kappa shape index (κ2) is 7.35. The van der Waals surface area contributed by atoms with E-state index < -0.39 is 6.61 Å². The minimum Gasteiger partial charge on any atom is -0.435 e. The fraction of sp³-hybridized carbons (Fsp3) is 0.200. The Balaban J connectivity index is 1.90. The molecule has 0 saturated carbocycles. The van der Waals surface area contributed by atoms with E-state index in [0.29, 0.717) is 12.2 Å². The minimum absolute atomic E-state index is 0.0845. The number of benzene rings is 1. The van der Waals surface area contributed by atoms with Crippen molar-refractivity contribution in [3.8, 4) is 5.75 Å². The maximum Gasteiger partial charge on any atom is 0.387 e. The van der Waals surface area contributed by atoms with E-state index >= 15 is 0 Å². The van der Waals surface area contributed by atoms with E-state index in [0.717, 1.165) is 5.56 Å². The first-order valence-electron chi connectivity index (χ1n) is 6.50. The van der Waals surface area contributed by atoms with E-state index in [4.69, 9.17) is 0 Å². The summed E-state index contributed by atoms with van der Waals surface area (Å²) in [7, 11) is 1.63. The van der Waals surface area contributed by atoms with Gasteiger partial charge in [-0.3, -0.25) is 4.98 Å². The van der Waals surface area contributed by atoms with Crippen LogP contribution in [-0.2, 0) is 6.54 Å². The minimum atomic E-state index is -2.85. The zero-order valence-corrected chi connectivity index (χ0v) is 11.9. The number of halogens is 2. The Morgan fingerprint density at radius 3 is 2.64 bits per heavy atom. The van der Waals surface area contributed by atoms with Gasteiger partial charge in [-0.1, -0.05) is 12.1 Å². The standard InChI is InChI=1S/C15H15F2N3O2/c1-20(15(21)19-12-3-2-8-18-9-12)10-11-4-6-13(7-5-11)22-14(16)17/h2-9,14H,10H2,1H3,(H,19,21). The van der Waals surface area contributed by atoms with Crippen LogP contribution in [0.15, 0.2) is 48.8 Å². The van der Waals surface area contributed by atoms with Crippen LogP contribution in [0.5, 0.6) is 5.75 Å². The summed E-state index contributed by atoms with van der Waals surface area (Å²) in [5, 5.41) is 2.70. The Kier molecular flexibility index (Phi) is 5.24. The summed E-state index contributed by atoms with van der Waals surface area (Å²) in [6.45, 7) is -2.51. The van der Waals surface area contributed by atoms with Gasteiger partial charge in [-0.05, 0) is 29.8 Å². The van der Waals surface area contributed by atoms with Crippen molar-refractivity contribution < 1.29 is 18.3 Å². The normalized spacial score (nSPS) is 10.4. The maximum atomic E-state index is 12.1. The second-order valence-electron chi connectivity index (χ2n) is 4.55. The van der Waals surface area contributed by atoms with E-state index in [-0.39, 0.29) is 11.8 Å². The molecule has 116 valence electrons. The summed E-state index contributed by atoms with van der Waals surface area (Å²) in [4.78, 5) is 17.4. The van der Waals surface area contributed by atoms with Crippen molar-refractivity contribution in [2.75, 3.05) is 12.4 Å². The molecule has 1 heterocycles. The van der Waals surface area contributed by atoms with Crippen molar-refractivity contribution >= 4 is 11.7 Å². The average molecular weight is 307 g/mol. The van der Waals surface area contributed by atoms with Crippen LogP contribution in [0, 0.1) is 0 Å². The summed E-state index contributed by atoms with van der Waals surface area (Å²) >= 11 is 0. The first-order chi connectivity index (χ1) is 10.5. The number of nitrogens with zero attached hydrogens (tertiary/aromatic N) is 2. The van der Waals surface area contributed by atoms with Gasteiger partial charge in [0, 0.05) is 19.8 Å². The third-order valence-corrected chi connectivity index (χ3v) is 2.83. The van der Waals surface area contributed by atoms with Gasteiger partial charge in [0.25, 0.3) is 0 Å². The van der Waals surface area contributed by atoms with Crippen LogP contribution in [0.25, 0.3) is 0 Å². The van der Waals surface area contributed by atoms with E-state index in [1.165, 1.54) is 17.0 Å². The molecule has 2 aromatic rings. The fourth-order valence-electron chi connectivity index (χ4n) is 1.78. The number of rotatable bonds is 5. The van der Waals surface area contributed by atoms with Gasteiger partial charge in [0.1, 0.15) is 5.75 Å². The highest BCUT2D eigenvalue weighted by Gasteiger charge is 2.10. The molecule has 0 spiro atoms. The lowest BCUT2D eigenvalue weighted by Crippen LogP contribution is -2.30. The highest BCUT2D eigenvalue weighted by molar-refractivity contribution is 5.88. The third-order valence-electron chi connectivity index (χ3n) is 2.83. The highest BCUT2D eigenvalue weighted by Crippen LogP contribution is 2.16. The average Bonchev–Trinajstić information content (AvgIpc) is 2.49. The van der Waals surface area contributed by atoms with Crippen molar-refractivity contribution in [2.45, 2.75) is 13.2 Å². The van der Waals surface area contributed by atoms with E-state index in [1.807, 2.05) is 0 Å². The third kappa shape index (κ3) is 4.69. The predicted molar refractivity (Wildman–Crippen MR) is 77.8 cm³/mol. The molecule has 0 aliphatic heterocycles. The Bertz CT molecular complexity index is 606. The fourth-order valence-corrected chi connectivity index (χ4v) is 1.78. The summed E-state index contributed by atoms with van der Waals surface area (Å²) in [6, 6.07) is 9.30. The van der Waals surface area contributed by atoms with Crippen molar-refractivity contribution in [1.82, 2.24) is 9.88 Å². The number of pyridine rings is 1. The van der Waals surface area contributed by atoms with Crippen LogP contribution in [-0.4, -0.2) is 29.6 Å². The maximum absolute atomic E-state index is 12.1. The zero-order valence-electron chi connectivity index (χ0n) is 11.9. The van der Waals surface area contributed by atoms with Gasteiger partial charge in [-0.15, -0.1) is 0 Å². The molecule has 2 rings (SSSR count). The topological polar surface area (TPSA) is 54.5 Å². The van der Waals surface area contributed by atoms with Crippen LogP contribution in [0.3, 0.4) is 0 Å². The lowest BCUT2D eigenvalue weighted by atomic mass is 10.2. The quantitative estimate of drug-likeness (QED) is 0.921. The molecule has 0 aliphatic rings. The van der Waals surface area contributed by atoms with E-state index in [1.54, 1.807) is 43.7 Å². The lowest BCUT2D eigenvalue weighted by Gasteiger charge is -2.18. The van der Waals surface area contributed by atoms with Gasteiger partial charge in [-0.25, -0.2) is 4.79 Å². The van der Waals surface area contributed by atoms with Gasteiger partial charge in [0.15, 0.2) is 0 Å². The van der Waals surface area contributed by atoms with Crippen LogP contribution in [0.2, 0.25) is 0 Å². The molecule has 22 heavy (non-hydrogen) atoms. The molecule has 0 aliphatic carbocycles. The molecule has 0 unspecified atom stereocenters. The molecule has 0 saturated heterocycles. The molecule has 1 aromatic heterocycles. The Labute approximate surface area is 126 Å². The van der Waals surface area contributed by atoms with Crippen LogP contribution in [0.1, 0.15) is 5.56 Å². The largest absolute Gasteiger partial charge is 0.435 e. The molecule has 7 heteroatoms. The van der Waals surface area contributed by atoms with Gasteiger partial charge < -0.3 is 15.0 Å². The van der Waals surface area contributed by atoms with E-state index in [2.05, 4.69) is 15.0 Å². The molecule has 1 N–H and O–H groups in total. The molecule has 0 bridgehead atoms. The van der Waals surface area contributed by atoms with Crippen molar-refractivity contribution in [3.63, 3.8) is 0 Å². The number of anilines is 1. The Morgan fingerprint density at radius 1 is 1.32 bits per heavy atom. The summed E-state index contributed by atoms with van der Waals surface area (Å²) < 4.78 is 28.4. The Hall–Kier alpha value is -2.70. The second-order valence-corrected chi connectivity index (χ2v) is 4.55. The molecule has 1 aromatic carbocycles. The van der Waals surface area contributed by atoms with Gasteiger partial charge in [0.05, 0.1) is 11.9 Å². The van der Waals surface area contributed by atoms with Crippen molar-refractivity contribution in [3.05, 3.63) is 54.4 Å². The number of ether oxygens (including phenoxy) is 1. The van der Waals surface area contributed by atoms with Gasteiger partial charge in [0.2, 0.25) is 0 Å². The molecular weight excluding hydrogens is 292 g/mol. The van der Waals surface area contributed by atoms with Crippen molar-refractivity contribution in [2.24, 2.45) is 0 Å². The number of carbonyl (C=O) groups is 1. The van der Waals surface area contributed by atoms with Crippen LogP contribution >= 0.6 is 0 Å². The molecular formula is C15H15F2N3O2. The molecule has 2 amide bonds. The zero-order chi connectivity index (χ0) is 15.9. The number of carbonyl (C=O) groups excluding carboxylic acids is 1. The number of amides is 2. The van der Waals surface area contributed by atoms with Gasteiger partial charge >= 0.3 is 12.6 Å². The molecule has 5 nitrogen and oxygen atoms in total. The summed E-state index contributed by atoms with van der Waals surface area (Å²) in [5.74, 6) is 0.0845. The molecule has 0 fully saturated rings. The monoisotopic (exact) mass is 307 g/mol. The van der Waals surface area contributed by atoms with Crippen LogP contribution < -0.4 is 10.1 Å². The number of hydrogen-bond donors (Lipinski definition) is 1. The number of alkyl halides is 2. The Morgan fingerprint density at radius 2 is 2.05 bits per heavy atom. The van der Waals surface area contributed by atoms with Crippen molar-refractivity contribution in [1.29, 1.82) is 0 Å².